The lowest BCUT2D eigenvalue weighted by Gasteiger charge is -2.38. The third-order valence-electron chi connectivity index (χ3n) is 5.98. The SMILES string of the molecule is C=C(/C(=C\c1c(N)ccnc1C)c1ccccc1)c1ccc(C2(N)CCC2)cc1. The van der Waals surface area contributed by atoms with Crippen molar-refractivity contribution in [2.45, 2.75) is 31.7 Å². The first kappa shape index (κ1) is 19.2. The number of nitrogens with two attached hydrogens (primary N) is 2. The number of rotatable bonds is 5. The Morgan fingerprint density at radius 3 is 2.28 bits per heavy atom. The molecule has 29 heavy (non-hydrogen) atoms. The van der Waals surface area contributed by atoms with E-state index >= 15 is 0 Å². The third kappa shape index (κ3) is 3.74. The number of aromatic nitrogens is 1. The first-order valence-corrected chi connectivity index (χ1v) is 10.1. The van der Waals surface area contributed by atoms with Crippen LogP contribution in [-0.2, 0) is 5.54 Å². The summed E-state index contributed by atoms with van der Waals surface area (Å²) in [6.07, 6.45) is 7.15. The van der Waals surface area contributed by atoms with Gasteiger partial charge in [-0.2, -0.15) is 0 Å². The second-order valence-electron chi connectivity index (χ2n) is 7.89. The van der Waals surface area contributed by atoms with E-state index in [1.165, 1.54) is 12.0 Å². The molecule has 2 aromatic carbocycles. The van der Waals surface area contributed by atoms with Gasteiger partial charge in [0.1, 0.15) is 0 Å². The minimum atomic E-state index is -0.154. The molecule has 1 saturated carbocycles. The lowest BCUT2D eigenvalue weighted by Crippen LogP contribution is -2.43. The fourth-order valence-electron chi connectivity index (χ4n) is 3.90. The number of nitrogens with zero attached hydrogens (tertiary/aromatic N) is 1. The number of allylic oxidation sites excluding steroid dienone is 2. The van der Waals surface area contributed by atoms with Crippen LogP contribution in [-0.4, -0.2) is 4.98 Å². The summed E-state index contributed by atoms with van der Waals surface area (Å²) in [6, 6.07) is 20.6. The summed E-state index contributed by atoms with van der Waals surface area (Å²) in [5.41, 5.74) is 20.5. The standard InChI is InChI=1S/C26H27N3/c1-18(20-9-11-22(12-10-20)26(28)14-6-15-26)23(21-7-4-3-5-8-21)17-24-19(2)29-16-13-25(24)27/h3-5,7-13,16-17H,1,6,14-15,28H2,2H3,(H2,27,29)/b23-17+. The van der Waals surface area contributed by atoms with Crippen molar-refractivity contribution in [2.24, 2.45) is 5.73 Å². The topological polar surface area (TPSA) is 64.9 Å². The van der Waals surface area contributed by atoms with E-state index in [2.05, 4.69) is 54.0 Å². The Labute approximate surface area is 172 Å². The molecule has 0 radical (unpaired) electrons. The van der Waals surface area contributed by atoms with Crippen molar-refractivity contribution >= 4 is 22.9 Å². The zero-order valence-electron chi connectivity index (χ0n) is 16.9. The molecule has 0 amide bonds. The molecular weight excluding hydrogens is 354 g/mol. The highest BCUT2D eigenvalue weighted by Crippen LogP contribution is 2.40. The van der Waals surface area contributed by atoms with Crippen molar-refractivity contribution in [3.8, 4) is 0 Å². The van der Waals surface area contributed by atoms with E-state index in [9.17, 15) is 0 Å². The minimum Gasteiger partial charge on any atom is -0.398 e. The van der Waals surface area contributed by atoms with Crippen molar-refractivity contribution in [1.29, 1.82) is 0 Å². The van der Waals surface area contributed by atoms with Gasteiger partial charge in [0.25, 0.3) is 0 Å². The summed E-state index contributed by atoms with van der Waals surface area (Å²) >= 11 is 0. The van der Waals surface area contributed by atoms with Gasteiger partial charge >= 0.3 is 0 Å². The highest BCUT2D eigenvalue weighted by Gasteiger charge is 2.34. The average Bonchev–Trinajstić information content (AvgIpc) is 2.72. The Hall–Kier alpha value is -3.17. The number of nitrogen functional groups attached to an aromatic ring is 1. The molecule has 0 unspecified atom stereocenters. The van der Waals surface area contributed by atoms with Crippen molar-refractivity contribution < 1.29 is 0 Å². The van der Waals surface area contributed by atoms with Gasteiger partial charge in [-0.3, -0.25) is 4.98 Å². The van der Waals surface area contributed by atoms with Crippen LogP contribution in [0.4, 0.5) is 5.69 Å². The molecule has 0 saturated heterocycles. The molecule has 0 bridgehead atoms. The molecule has 3 aromatic rings. The van der Waals surface area contributed by atoms with Crippen molar-refractivity contribution in [3.05, 3.63) is 101 Å². The van der Waals surface area contributed by atoms with E-state index in [0.717, 1.165) is 46.4 Å². The van der Waals surface area contributed by atoms with E-state index in [0.29, 0.717) is 5.69 Å². The molecule has 3 heteroatoms. The second-order valence-corrected chi connectivity index (χ2v) is 7.89. The van der Waals surface area contributed by atoms with Gasteiger partial charge in [0.15, 0.2) is 0 Å². The van der Waals surface area contributed by atoms with Crippen LogP contribution < -0.4 is 11.5 Å². The van der Waals surface area contributed by atoms with Crippen molar-refractivity contribution in [1.82, 2.24) is 4.98 Å². The maximum atomic E-state index is 6.48. The predicted octanol–water partition coefficient (Wildman–Crippen LogP) is 5.56. The molecule has 0 aliphatic heterocycles. The number of hydrogen-bond donors (Lipinski definition) is 2. The largest absolute Gasteiger partial charge is 0.398 e. The van der Waals surface area contributed by atoms with E-state index in [1.807, 2.05) is 31.2 Å². The lowest BCUT2D eigenvalue weighted by atomic mass is 9.72. The van der Waals surface area contributed by atoms with E-state index in [-0.39, 0.29) is 5.54 Å². The predicted molar refractivity (Wildman–Crippen MR) is 123 cm³/mol. The molecule has 3 nitrogen and oxygen atoms in total. The summed E-state index contributed by atoms with van der Waals surface area (Å²) in [6.45, 7) is 6.40. The van der Waals surface area contributed by atoms with E-state index in [4.69, 9.17) is 11.5 Å². The summed E-state index contributed by atoms with van der Waals surface area (Å²) < 4.78 is 0. The zero-order valence-corrected chi connectivity index (χ0v) is 16.9. The fourth-order valence-corrected chi connectivity index (χ4v) is 3.90. The van der Waals surface area contributed by atoms with E-state index in [1.54, 1.807) is 6.20 Å². The number of benzene rings is 2. The average molecular weight is 382 g/mol. The number of aryl methyl sites for hydroxylation is 1. The molecule has 1 aromatic heterocycles. The monoisotopic (exact) mass is 381 g/mol. The molecule has 146 valence electrons. The molecule has 0 atom stereocenters. The molecule has 4 N–H and O–H groups in total. The zero-order chi connectivity index (χ0) is 20.4. The van der Waals surface area contributed by atoms with Crippen LogP contribution in [0.15, 0.2) is 73.4 Å². The quantitative estimate of drug-likeness (QED) is 0.568. The van der Waals surface area contributed by atoms with Gasteiger partial charge in [0, 0.05) is 28.7 Å². The van der Waals surface area contributed by atoms with Gasteiger partial charge in [-0.25, -0.2) is 0 Å². The van der Waals surface area contributed by atoms with Crippen LogP contribution in [0.25, 0.3) is 17.2 Å². The fraction of sp³-hybridized carbons (Fsp3) is 0.192. The van der Waals surface area contributed by atoms with Crippen LogP contribution in [0.5, 0.6) is 0 Å². The number of hydrogen-bond acceptors (Lipinski definition) is 3. The third-order valence-corrected chi connectivity index (χ3v) is 5.98. The highest BCUT2D eigenvalue weighted by molar-refractivity contribution is 6.11. The normalized spacial score (nSPS) is 15.6. The van der Waals surface area contributed by atoms with Gasteiger partial charge < -0.3 is 11.5 Å². The molecule has 1 heterocycles. The Morgan fingerprint density at radius 1 is 1.00 bits per heavy atom. The van der Waals surface area contributed by atoms with Crippen molar-refractivity contribution in [2.75, 3.05) is 5.73 Å². The Kier molecular flexibility index (Phi) is 5.08. The molecule has 1 aliphatic carbocycles. The summed E-state index contributed by atoms with van der Waals surface area (Å²) in [4.78, 5) is 4.41. The van der Waals surface area contributed by atoms with Gasteiger partial charge in [-0.15, -0.1) is 0 Å². The lowest BCUT2D eigenvalue weighted by molar-refractivity contribution is 0.253. The highest BCUT2D eigenvalue weighted by atomic mass is 14.8. The van der Waals surface area contributed by atoms with Crippen LogP contribution in [0, 0.1) is 6.92 Å². The maximum Gasteiger partial charge on any atom is 0.0465 e. The van der Waals surface area contributed by atoms with Crippen molar-refractivity contribution in [3.63, 3.8) is 0 Å². The summed E-state index contributed by atoms with van der Waals surface area (Å²) in [5.74, 6) is 0. The maximum absolute atomic E-state index is 6.48. The molecule has 4 rings (SSSR count). The molecule has 1 aliphatic rings. The molecular formula is C26H27N3. The second kappa shape index (κ2) is 7.69. The Morgan fingerprint density at radius 2 is 1.69 bits per heavy atom. The van der Waals surface area contributed by atoms with Gasteiger partial charge in [0.05, 0.1) is 0 Å². The van der Waals surface area contributed by atoms with Gasteiger partial charge in [-0.1, -0.05) is 61.2 Å². The van der Waals surface area contributed by atoms with Crippen LogP contribution in [0.2, 0.25) is 0 Å². The van der Waals surface area contributed by atoms with Gasteiger partial charge in [-0.05, 0) is 66.2 Å². The van der Waals surface area contributed by atoms with Crippen LogP contribution in [0.3, 0.4) is 0 Å². The first-order valence-electron chi connectivity index (χ1n) is 10.1. The Balaban J connectivity index is 1.75. The number of pyridine rings is 1. The number of anilines is 1. The minimum absolute atomic E-state index is 0.154. The van der Waals surface area contributed by atoms with Crippen LogP contribution >= 0.6 is 0 Å². The first-order chi connectivity index (χ1) is 14.0. The molecule has 1 fully saturated rings. The van der Waals surface area contributed by atoms with Gasteiger partial charge in [0.2, 0.25) is 0 Å². The summed E-state index contributed by atoms with van der Waals surface area (Å²) in [5, 5.41) is 0. The molecule has 0 spiro atoms. The summed E-state index contributed by atoms with van der Waals surface area (Å²) in [7, 11) is 0. The van der Waals surface area contributed by atoms with E-state index < -0.39 is 0 Å². The van der Waals surface area contributed by atoms with Crippen LogP contribution in [0.1, 0.15) is 47.2 Å². The smallest absolute Gasteiger partial charge is 0.0465 e. The Bertz CT molecular complexity index is 1040.